The van der Waals surface area contributed by atoms with E-state index < -0.39 is 11.6 Å². The number of hydrogen-bond donors (Lipinski definition) is 3. The van der Waals surface area contributed by atoms with Crippen molar-refractivity contribution in [2.45, 2.75) is 81.6 Å². The van der Waals surface area contributed by atoms with Gasteiger partial charge in [-0.1, -0.05) is 84.9 Å². The average Bonchev–Trinajstić information content (AvgIpc) is 3.53. The Morgan fingerprint density at radius 2 is 1.33 bits per heavy atom. The maximum atomic E-state index is 13.1. The minimum Gasteiger partial charge on any atom is -0.378 e. The molecule has 3 atom stereocenters. The third-order valence-corrected chi connectivity index (χ3v) is 9.61. The largest absolute Gasteiger partial charge is 0.378 e. The van der Waals surface area contributed by atoms with Crippen LogP contribution in [0.25, 0.3) is 0 Å². The molecule has 2 fully saturated rings. The van der Waals surface area contributed by atoms with Crippen LogP contribution < -0.4 is 10.6 Å². The summed E-state index contributed by atoms with van der Waals surface area (Å²) in [4.78, 5) is 15.8. The number of nitrogens with zero attached hydrogens (tertiary/aromatic N) is 1. The number of fused-ring (bicyclic) bond motifs is 5. The maximum Gasteiger partial charge on any atom is 0.315 e. The van der Waals surface area contributed by atoms with Crippen molar-refractivity contribution in [3.63, 3.8) is 0 Å². The van der Waals surface area contributed by atoms with Crippen molar-refractivity contribution in [1.82, 2.24) is 15.5 Å². The quantitative estimate of drug-likeness (QED) is 0.318. The smallest absolute Gasteiger partial charge is 0.315 e. The van der Waals surface area contributed by atoms with Gasteiger partial charge in [0, 0.05) is 18.1 Å². The molecular formula is C34H41N3O2. The molecule has 204 valence electrons. The van der Waals surface area contributed by atoms with Gasteiger partial charge in [-0.05, 0) is 86.6 Å². The van der Waals surface area contributed by atoms with Crippen LogP contribution in [0.4, 0.5) is 4.79 Å². The third-order valence-electron chi connectivity index (χ3n) is 9.61. The molecule has 2 aliphatic heterocycles. The number of carbonyl (C=O) groups is 1. The maximum absolute atomic E-state index is 13.1. The molecule has 0 spiro atoms. The Hall–Kier alpha value is -3.15. The van der Waals surface area contributed by atoms with Crippen molar-refractivity contribution in [3.05, 3.63) is 107 Å². The van der Waals surface area contributed by atoms with Crippen LogP contribution in [-0.4, -0.2) is 34.7 Å². The first-order valence-electron chi connectivity index (χ1n) is 14.8. The molecule has 5 nitrogen and oxygen atoms in total. The minimum absolute atomic E-state index is 0.183. The second-order valence-electron chi connectivity index (χ2n) is 11.8. The van der Waals surface area contributed by atoms with Gasteiger partial charge in [-0.15, -0.1) is 0 Å². The first kappa shape index (κ1) is 26.1. The van der Waals surface area contributed by atoms with Crippen molar-refractivity contribution in [1.29, 1.82) is 0 Å². The van der Waals surface area contributed by atoms with Gasteiger partial charge >= 0.3 is 6.03 Å². The Kier molecular flexibility index (Phi) is 7.46. The highest BCUT2D eigenvalue weighted by molar-refractivity contribution is 5.75. The zero-order valence-corrected chi connectivity index (χ0v) is 22.9. The molecule has 1 aliphatic carbocycles. The van der Waals surface area contributed by atoms with Gasteiger partial charge in [0.25, 0.3) is 0 Å². The molecule has 2 heterocycles. The first-order chi connectivity index (χ1) is 19.0. The molecule has 3 aliphatic rings. The molecule has 6 rings (SSSR count). The number of amides is 2. The Morgan fingerprint density at radius 1 is 0.821 bits per heavy atom. The van der Waals surface area contributed by atoms with Crippen molar-refractivity contribution in [2.24, 2.45) is 5.92 Å². The number of nitrogens with one attached hydrogen (secondary N) is 2. The SMILES string of the molecule is C[C@@H](NC(=O)N[C@H]1CC[C@H](CCN2[C@@H]3CC[C@H]2c2ccccc23)CC1)C(O)(c1ccccc1)c1ccccc1. The number of urea groups is 1. The lowest BCUT2D eigenvalue weighted by Gasteiger charge is -2.36. The molecule has 3 aromatic rings. The lowest BCUT2D eigenvalue weighted by atomic mass is 9.81. The Labute approximate surface area is 232 Å². The minimum atomic E-state index is -1.33. The number of hydrogen-bond acceptors (Lipinski definition) is 3. The Morgan fingerprint density at radius 3 is 1.87 bits per heavy atom. The first-order valence-corrected chi connectivity index (χ1v) is 14.8. The zero-order valence-electron chi connectivity index (χ0n) is 22.9. The lowest BCUT2D eigenvalue weighted by Crippen LogP contribution is -2.54. The second kappa shape index (κ2) is 11.1. The fraction of sp³-hybridized carbons (Fsp3) is 0.441. The van der Waals surface area contributed by atoms with Gasteiger partial charge in [-0.2, -0.15) is 0 Å². The fourth-order valence-electron chi connectivity index (χ4n) is 7.47. The summed E-state index contributed by atoms with van der Waals surface area (Å²) in [5, 5.41) is 18.2. The molecular weight excluding hydrogens is 482 g/mol. The number of aliphatic hydroxyl groups is 1. The average molecular weight is 524 g/mol. The summed E-state index contributed by atoms with van der Waals surface area (Å²) >= 11 is 0. The van der Waals surface area contributed by atoms with Crippen molar-refractivity contribution in [2.75, 3.05) is 6.54 Å². The molecule has 39 heavy (non-hydrogen) atoms. The zero-order chi connectivity index (χ0) is 26.8. The van der Waals surface area contributed by atoms with Crippen LogP contribution in [0.2, 0.25) is 0 Å². The molecule has 1 saturated heterocycles. The molecule has 3 aromatic carbocycles. The summed E-state index contributed by atoms with van der Waals surface area (Å²) in [6.45, 7) is 3.06. The number of benzene rings is 3. The van der Waals surface area contributed by atoms with Crippen molar-refractivity contribution in [3.8, 4) is 0 Å². The van der Waals surface area contributed by atoms with E-state index in [4.69, 9.17) is 0 Å². The molecule has 0 unspecified atom stereocenters. The summed E-state index contributed by atoms with van der Waals surface area (Å²) in [5.74, 6) is 0.731. The van der Waals surface area contributed by atoms with Crippen LogP contribution in [0.3, 0.4) is 0 Å². The predicted molar refractivity (Wildman–Crippen MR) is 155 cm³/mol. The van der Waals surface area contributed by atoms with E-state index in [0.717, 1.165) is 42.7 Å². The van der Waals surface area contributed by atoms with E-state index in [1.165, 1.54) is 25.8 Å². The van der Waals surface area contributed by atoms with Gasteiger partial charge in [-0.3, -0.25) is 4.90 Å². The van der Waals surface area contributed by atoms with Gasteiger partial charge < -0.3 is 15.7 Å². The van der Waals surface area contributed by atoms with E-state index in [1.54, 1.807) is 11.1 Å². The summed E-state index contributed by atoms with van der Waals surface area (Å²) in [5.41, 5.74) is 3.33. The van der Waals surface area contributed by atoms with Crippen LogP contribution in [0.1, 0.15) is 86.2 Å². The fourth-order valence-corrected chi connectivity index (χ4v) is 7.47. The van der Waals surface area contributed by atoms with Crippen molar-refractivity contribution < 1.29 is 9.90 Å². The van der Waals surface area contributed by atoms with Gasteiger partial charge in [0.05, 0.1) is 6.04 Å². The summed E-state index contributed by atoms with van der Waals surface area (Å²) in [6, 6.07) is 28.9. The van der Waals surface area contributed by atoms with E-state index in [2.05, 4.69) is 39.8 Å². The van der Waals surface area contributed by atoms with Crippen LogP contribution in [0, 0.1) is 5.92 Å². The molecule has 2 bridgehead atoms. The van der Waals surface area contributed by atoms with Crippen molar-refractivity contribution >= 4 is 6.03 Å². The third kappa shape index (κ3) is 5.10. The van der Waals surface area contributed by atoms with Gasteiger partial charge in [0.1, 0.15) is 5.60 Å². The van der Waals surface area contributed by atoms with E-state index in [0.29, 0.717) is 12.1 Å². The standard InChI is InChI=1S/C34H41N3O2/c1-24(34(39,26-10-4-2-5-11-26)27-12-6-3-7-13-27)35-33(38)36-28-18-16-25(17-19-28)22-23-37-31-20-21-32(37)30-15-9-8-14-29(30)31/h2-15,24-25,28,31-32,39H,16-23H2,1H3,(H2,35,36,38)/t24-,25-,28-,31-,32+/m1/s1. The molecule has 5 heteroatoms. The van der Waals surface area contributed by atoms with Crippen LogP contribution in [-0.2, 0) is 5.60 Å². The highest BCUT2D eigenvalue weighted by Crippen LogP contribution is 2.53. The number of carbonyl (C=O) groups excluding carboxylic acids is 1. The van der Waals surface area contributed by atoms with E-state index in [1.807, 2.05) is 67.6 Å². The van der Waals surface area contributed by atoms with E-state index in [-0.39, 0.29) is 12.1 Å². The Balaban J connectivity index is 1.00. The van der Waals surface area contributed by atoms with E-state index in [9.17, 15) is 9.90 Å². The molecule has 2 amide bonds. The van der Waals surface area contributed by atoms with Crippen LogP contribution in [0.5, 0.6) is 0 Å². The van der Waals surface area contributed by atoms with Crippen LogP contribution >= 0.6 is 0 Å². The summed E-state index contributed by atoms with van der Waals surface area (Å²) in [7, 11) is 0. The van der Waals surface area contributed by atoms with Gasteiger partial charge in [-0.25, -0.2) is 4.79 Å². The molecule has 1 saturated carbocycles. The normalized spacial score (nSPS) is 25.2. The predicted octanol–water partition coefficient (Wildman–Crippen LogP) is 6.45. The summed E-state index contributed by atoms with van der Waals surface area (Å²) < 4.78 is 0. The van der Waals surface area contributed by atoms with E-state index >= 15 is 0 Å². The van der Waals surface area contributed by atoms with Gasteiger partial charge in [0.15, 0.2) is 0 Å². The summed E-state index contributed by atoms with van der Waals surface area (Å²) in [6.07, 6.45) is 8.20. The lowest BCUT2D eigenvalue weighted by molar-refractivity contribution is 0.0470. The van der Waals surface area contributed by atoms with Gasteiger partial charge in [0.2, 0.25) is 0 Å². The molecule has 0 aromatic heterocycles. The topological polar surface area (TPSA) is 64.6 Å². The Bertz CT molecular complexity index is 1190. The second-order valence-corrected chi connectivity index (χ2v) is 11.8. The highest BCUT2D eigenvalue weighted by Gasteiger charge is 2.43. The molecule has 3 N–H and O–H groups in total. The van der Waals surface area contributed by atoms with Crippen LogP contribution in [0.15, 0.2) is 84.9 Å². The monoisotopic (exact) mass is 523 g/mol. The highest BCUT2D eigenvalue weighted by atomic mass is 16.3. The number of rotatable bonds is 8. The molecule has 0 radical (unpaired) electrons.